The largest absolute Gasteiger partial charge is 0.366 e. The highest BCUT2D eigenvalue weighted by molar-refractivity contribution is 5.68. The second-order valence-corrected chi connectivity index (χ2v) is 6.96. The number of hydrogen-bond donors (Lipinski definition) is 3. The van der Waals surface area contributed by atoms with E-state index in [2.05, 4.69) is 20.6 Å². The van der Waals surface area contributed by atoms with Gasteiger partial charge in [-0.1, -0.05) is 12.1 Å². The molecule has 1 atom stereocenters. The summed E-state index contributed by atoms with van der Waals surface area (Å²) in [5.74, 6) is 0.856. The summed E-state index contributed by atoms with van der Waals surface area (Å²) in [6.07, 6.45) is 8.22. The van der Waals surface area contributed by atoms with Crippen molar-refractivity contribution in [3.63, 3.8) is 0 Å². The summed E-state index contributed by atoms with van der Waals surface area (Å²) in [5.41, 5.74) is 3.83. The van der Waals surface area contributed by atoms with Crippen LogP contribution in [0.3, 0.4) is 0 Å². The molecule has 28 heavy (non-hydrogen) atoms. The van der Waals surface area contributed by atoms with Crippen molar-refractivity contribution in [2.75, 3.05) is 18.4 Å². The van der Waals surface area contributed by atoms with Crippen LogP contribution in [-0.2, 0) is 0 Å². The van der Waals surface area contributed by atoms with Crippen LogP contribution in [0.2, 0.25) is 0 Å². The van der Waals surface area contributed by atoms with E-state index in [-0.39, 0.29) is 5.43 Å². The molecule has 1 aliphatic heterocycles. The average Bonchev–Trinajstić information content (AvgIpc) is 3.38. The van der Waals surface area contributed by atoms with Gasteiger partial charge in [0.1, 0.15) is 11.5 Å². The van der Waals surface area contributed by atoms with Crippen molar-refractivity contribution in [3.05, 3.63) is 71.4 Å². The molecule has 1 fully saturated rings. The van der Waals surface area contributed by atoms with Crippen molar-refractivity contribution in [1.82, 2.24) is 24.7 Å². The van der Waals surface area contributed by atoms with E-state index in [1.807, 2.05) is 47.1 Å². The molecule has 1 saturated heterocycles. The molecule has 5 rings (SSSR count). The third kappa shape index (κ3) is 3.05. The highest BCUT2D eigenvalue weighted by atomic mass is 16.1. The predicted molar refractivity (Wildman–Crippen MR) is 109 cm³/mol. The van der Waals surface area contributed by atoms with Gasteiger partial charge in [-0.3, -0.25) is 14.2 Å². The fourth-order valence-electron chi connectivity index (χ4n) is 3.64. The molecule has 4 aromatic rings. The van der Waals surface area contributed by atoms with Crippen LogP contribution >= 0.6 is 0 Å². The van der Waals surface area contributed by atoms with E-state index in [0.29, 0.717) is 11.6 Å². The van der Waals surface area contributed by atoms with Gasteiger partial charge >= 0.3 is 0 Å². The van der Waals surface area contributed by atoms with Crippen molar-refractivity contribution < 1.29 is 0 Å². The third-order valence-electron chi connectivity index (χ3n) is 5.06. The van der Waals surface area contributed by atoms with Gasteiger partial charge in [0.25, 0.3) is 0 Å². The molecule has 140 valence electrons. The van der Waals surface area contributed by atoms with Crippen LogP contribution in [0.4, 0.5) is 5.82 Å². The normalized spacial score (nSPS) is 16.5. The van der Waals surface area contributed by atoms with Crippen molar-refractivity contribution in [3.8, 4) is 22.5 Å². The number of nitrogens with zero attached hydrogens (tertiary/aromatic N) is 3. The second kappa shape index (κ2) is 6.94. The Balaban J connectivity index is 1.57. The van der Waals surface area contributed by atoms with Crippen LogP contribution in [0.5, 0.6) is 0 Å². The number of pyridine rings is 3. The number of aromatic amines is 1. The number of imidazole rings is 1. The lowest BCUT2D eigenvalue weighted by molar-refractivity contribution is 0.788. The fraction of sp³-hybridized carbons (Fsp3) is 0.190. The molecule has 1 aliphatic rings. The number of fused-ring (bicyclic) bond motifs is 1. The van der Waals surface area contributed by atoms with Gasteiger partial charge in [-0.05, 0) is 31.2 Å². The minimum Gasteiger partial charge on any atom is -0.366 e. The van der Waals surface area contributed by atoms with Gasteiger partial charge in [0.05, 0.1) is 11.4 Å². The first-order chi connectivity index (χ1) is 13.8. The Morgan fingerprint density at radius 2 is 2.18 bits per heavy atom. The summed E-state index contributed by atoms with van der Waals surface area (Å²) in [6, 6.07) is 11.7. The summed E-state index contributed by atoms with van der Waals surface area (Å²) in [7, 11) is 0. The Morgan fingerprint density at radius 1 is 1.21 bits per heavy atom. The van der Waals surface area contributed by atoms with E-state index >= 15 is 0 Å². The summed E-state index contributed by atoms with van der Waals surface area (Å²) >= 11 is 0. The molecule has 0 spiro atoms. The summed E-state index contributed by atoms with van der Waals surface area (Å²) in [6.45, 7) is 1.98. The number of rotatable bonds is 4. The number of anilines is 1. The van der Waals surface area contributed by atoms with Crippen LogP contribution < -0.4 is 16.1 Å². The van der Waals surface area contributed by atoms with E-state index in [4.69, 9.17) is 4.98 Å². The van der Waals surface area contributed by atoms with Gasteiger partial charge < -0.3 is 15.6 Å². The quantitative estimate of drug-likeness (QED) is 0.512. The SMILES string of the molecule is O=c1cc2[nH]cc(-c3cccc(NC4CCNC4)n3)n2cc1-c1cccnc1. The Labute approximate surface area is 161 Å². The van der Waals surface area contributed by atoms with E-state index in [1.54, 1.807) is 18.5 Å². The van der Waals surface area contributed by atoms with E-state index in [1.165, 1.54) is 0 Å². The minimum atomic E-state index is -0.0430. The van der Waals surface area contributed by atoms with Gasteiger partial charge in [-0.25, -0.2) is 4.98 Å². The molecule has 0 saturated carbocycles. The lowest BCUT2D eigenvalue weighted by atomic mass is 10.1. The minimum absolute atomic E-state index is 0.0430. The molecular formula is C21H20N6O. The molecule has 1 unspecified atom stereocenters. The van der Waals surface area contributed by atoms with Crippen LogP contribution in [0, 0.1) is 0 Å². The molecular weight excluding hydrogens is 352 g/mol. The molecule has 0 bridgehead atoms. The first kappa shape index (κ1) is 16.7. The predicted octanol–water partition coefficient (Wildman–Crippen LogP) is 2.53. The van der Waals surface area contributed by atoms with Crippen molar-refractivity contribution in [1.29, 1.82) is 0 Å². The molecule has 7 nitrogen and oxygen atoms in total. The number of hydrogen-bond acceptors (Lipinski definition) is 5. The molecule has 0 aromatic carbocycles. The molecule has 0 aliphatic carbocycles. The van der Waals surface area contributed by atoms with Gasteiger partial charge in [-0.15, -0.1) is 0 Å². The first-order valence-electron chi connectivity index (χ1n) is 9.37. The van der Waals surface area contributed by atoms with Gasteiger partial charge in [0.2, 0.25) is 0 Å². The molecule has 5 heterocycles. The standard InChI is InChI=1S/C21H20N6O/c28-19-9-21-24-12-18(27(21)13-16(19)14-3-2-7-22-10-14)17-4-1-5-20(26-17)25-15-6-8-23-11-15/h1-5,7,9-10,12-13,15,23-24H,6,8,11H2,(H,25,26). The zero-order valence-corrected chi connectivity index (χ0v) is 15.2. The Morgan fingerprint density at radius 3 is 3.00 bits per heavy atom. The third-order valence-corrected chi connectivity index (χ3v) is 5.06. The molecule has 0 radical (unpaired) electrons. The maximum atomic E-state index is 12.5. The van der Waals surface area contributed by atoms with Crippen LogP contribution in [0.25, 0.3) is 28.2 Å². The van der Waals surface area contributed by atoms with Crippen molar-refractivity contribution in [2.24, 2.45) is 0 Å². The van der Waals surface area contributed by atoms with Crippen LogP contribution in [-0.4, -0.2) is 38.5 Å². The first-order valence-corrected chi connectivity index (χ1v) is 9.37. The van der Waals surface area contributed by atoms with E-state index in [0.717, 1.165) is 47.9 Å². The highest BCUT2D eigenvalue weighted by Crippen LogP contribution is 2.23. The summed E-state index contributed by atoms with van der Waals surface area (Å²) in [4.78, 5) is 24.6. The van der Waals surface area contributed by atoms with E-state index < -0.39 is 0 Å². The maximum absolute atomic E-state index is 12.5. The average molecular weight is 372 g/mol. The van der Waals surface area contributed by atoms with Gasteiger partial charge in [0, 0.05) is 54.6 Å². The Kier molecular flexibility index (Phi) is 4.14. The zero-order valence-electron chi connectivity index (χ0n) is 15.2. The Bertz CT molecular complexity index is 1170. The van der Waals surface area contributed by atoms with E-state index in [9.17, 15) is 4.79 Å². The van der Waals surface area contributed by atoms with Crippen LogP contribution in [0.1, 0.15) is 6.42 Å². The van der Waals surface area contributed by atoms with Crippen LogP contribution in [0.15, 0.2) is 66.0 Å². The van der Waals surface area contributed by atoms with Gasteiger partial charge in [-0.2, -0.15) is 0 Å². The van der Waals surface area contributed by atoms with Crippen molar-refractivity contribution in [2.45, 2.75) is 12.5 Å². The fourth-order valence-corrected chi connectivity index (χ4v) is 3.64. The molecule has 0 amide bonds. The number of nitrogens with one attached hydrogen (secondary N) is 3. The molecule has 4 aromatic heterocycles. The maximum Gasteiger partial charge on any atom is 0.191 e. The second-order valence-electron chi connectivity index (χ2n) is 6.96. The Hall–Kier alpha value is -3.45. The monoisotopic (exact) mass is 372 g/mol. The molecule has 7 heteroatoms. The summed E-state index contributed by atoms with van der Waals surface area (Å²) < 4.78 is 1.97. The molecule has 3 N–H and O–H groups in total. The lowest BCUT2D eigenvalue weighted by Crippen LogP contribution is -2.22. The zero-order chi connectivity index (χ0) is 18.9. The van der Waals surface area contributed by atoms with Crippen molar-refractivity contribution >= 4 is 11.5 Å². The number of H-pyrrole nitrogens is 1. The lowest BCUT2D eigenvalue weighted by Gasteiger charge is -2.13. The highest BCUT2D eigenvalue weighted by Gasteiger charge is 2.15. The number of aromatic nitrogens is 4. The smallest absolute Gasteiger partial charge is 0.191 e. The van der Waals surface area contributed by atoms with Gasteiger partial charge in [0.15, 0.2) is 5.43 Å². The summed E-state index contributed by atoms with van der Waals surface area (Å²) in [5, 5.41) is 6.84. The topological polar surface area (TPSA) is 87.1 Å².